The van der Waals surface area contributed by atoms with Crippen LogP contribution in [0.1, 0.15) is 0 Å². The third-order valence-electron chi connectivity index (χ3n) is 2.59. The molecule has 0 aliphatic carbocycles. The molecule has 2 rings (SSSR count). The summed E-state index contributed by atoms with van der Waals surface area (Å²) in [4.78, 5) is 13.0. The topological polar surface area (TPSA) is 75.7 Å². The highest BCUT2D eigenvalue weighted by molar-refractivity contribution is 7.88. The molecule has 6 nitrogen and oxygen atoms in total. The average Bonchev–Trinajstić information content (AvgIpc) is 2.68. The van der Waals surface area contributed by atoms with Crippen LogP contribution < -0.4 is 9.62 Å². The van der Waals surface area contributed by atoms with Gasteiger partial charge in [0.05, 0.1) is 12.8 Å². The predicted molar refractivity (Wildman–Crippen MR) is 66.9 cm³/mol. The molecular weight excluding hydrogens is 275 g/mol. The van der Waals surface area contributed by atoms with Gasteiger partial charge in [0.1, 0.15) is 11.9 Å². The van der Waals surface area contributed by atoms with Crippen molar-refractivity contribution in [1.29, 1.82) is 0 Å². The second-order valence-electron chi connectivity index (χ2n) is 4.21. The molecule has 1 amide bonds. The van der Waals surface area contributed by atoms with Crippen LogP contribution in [0.2, 0.25) is 0 Å². The molecule has 19 heavy (non-hydrogen) atoms. The van der Waals surface area contributed by atoms with Crippen molar-refractivity contribution in [1.82, 2.24) is 4.72 Å². The highest BCUT2D eigenvalue weighted by atomic mass is 32.2. The van der Waals surface area contributed by atoms with Gasteiger partial charge < -0.3 is 4.74 Å². The van der Waals surface area contributed by atoms with Gasteiger partial charge >= 0.3 is 6.09 Å². The van der Waals surface area contributed by atoms with Gasteiger partial charge in [0.25, 0.3) is 0 Å². The van der Waals surface area contributed by atoms with Gasteiger partial charge in [-0.15, -0.1) is 0 Å². The number of benzene rings is 1. The molecule has 8 heteroatoms. The lowest BCUT2D eigenvalue weighted by Gasteiger charge is -2.12. The summed E-state index contributed by atoms with van der Waals surface area (Å²) in [5, 5.41) is 0. The third kappa shape index (κ3) is 3.65. The molecule has 0 unspecified atom stereocenters. The number of nitrogens with zero attached hydrogens (tertiary/aromatic N) is 1. The van der Waals surface area contributed by atoms with Crippen LogP contribution in [-0.4, -0.2) is 40.0 Å². The van der Waals surface area contributed by atoms with E-state index in [9.17, 15) is 17.6 Å². The Bertz CT molecular complexity index is 573. The minimum absolute atomic E-state index is 0.0161. The SMILES string of the molecule is CS(=O)(=O)NC[C@@H]1CN(c2ccc(F)cc2)C(=O)O1. The Morgan fingerprint density at radius 2 is 2.05 bits per heavy atom. The molecule has 104 valence electrons. The fraction of sp³-hybridized carbons (Fsp3) is 0.364. The average molecular weight is 288 g/mol. The summed E-state index contributed by atoms with van der Waals surface area (Å²) in [6.45, 7) is 0.231. The molecule has 1 aromatic rings. The Kier molecular flexibility index (Phi) is 3.72. The van der Waals surface area contributed by atoms with Crippen molar-refractivity contribution in [3.8, 4) is 0 Å². The number of hydrogen-bond donors (Lipinski definition) is 1. The van der Waals surface area contributed by atoms with Crippen LogP contribution >= 0.6 is 0 Å². The molecule has 1 aliphatic rings. The number of ether oxygens (including phenoxy) is 1. The number of halogens is 1. The van der Waals surface area contributed by atoms with E-state index < -0.39 is 28.0 Å². The van der Waals surface area contributed by atoms with Crippen LogP contribution in [0, 0.1) is 5.82 Å². The molecule has 0 saturated carbocycles. The Morgan fingerprint density at radius 3 is 2.63 bits per heavy atom. The number of anilines is 1. The first-order chi connectivity index (χ1) is 8.85. The van der Waals surface area contributed by atoms with Crippen LogP contribution in [0.3, 0.4) is 0 Å². The molecule has 0 bridgehead atoms. The maximum atomic E-state index is 12.8. The van der Waals surface area contributed by atoms with Crippen molar-refractivity contribution in [2.45, 2.75) is 6.10 Å². The van der Waals surface area contributed by atoms with Crippen molar-refractivity contribution in [2.24, 2.45) is 0 Å². The minimum Gasteiger partial charge on any atom is -0.443 e. The molecule has 0 aromatic heterocycles. The van der Waals surface area contributed by atoms with Crippen molar-refractivity contribution in [3.05, 3.63) is 30.1 Å². The zero-order chi connectivity index (χ0) is 14.0. The van der Waals surface area contributed by atoms with Gasteiger partial charge in [-0.25, -0.2) is 22.3 Å². The summed E-state index contributed by atoms with van der Waals surface area (Å²) in [6.07, 6.45) is -0.110. The van der Waals surface area contributed by atoms with Crippen LogP contribution in [0.15, 0.2) is 24.3 Å². The number of cyclic esters (lactones) is 1. The maximum absolute atomic E-state index is 12.8. The number of hydrogen-bond acceptors (Lipinski definition) is 4. The van der Waals surface area contributed by atoms with Gasteiger partial charge in [-0.3, -0.25) is 4.90 Å². The largest absolute Gasteiger partial charge is 0.443 e. The zero-order valence-corrected chi connectivity index (χ0v) is 11.0. The second kappa shape index (κ2) is 5.14. The van der Waals surface area contributed by atoms with E-state index in [0.29, 0.717) is 5.69 Å². The molecule has 1 aliphatic heterocycles. The number of carbonyl (C=O) groups is 1. The first-order valence-electron chi connectivity index (χ1n) is 5.53. The number of carbonyl (C=O) groups excluding carboxylic acids is 1. The molecule has 1 fully saturated rings. The van der Waals surface area contributed by atoms with Gasteiger partial charge in [-0.1, -0.05) is 0 Å². The first-order valence-corrected chi connectivity index (χ1v) is 7.42. The Morgan fingerprint density at radius 1 is 1.42 bits per heavy atom. The van der Waals surface area contributed by atoms with E-state index >= 15 is 0 Å². The van der Waals surface area contributed by atoms with Gasteiger partial charge in [-0.2, -0.15) is 0 Å². The van der Waals surface area contributed by atoms with Crippen molar-refractivity contribution < 1.29 is 22.3 Å². The van der Waals surface area contributed by atoms with Gasteiger partial charge in [0, 0.05) is 12.2 Å². The first kappa shape index (κ1) is 13.8. The van der Waals surface area contributed by atoms with Crippen LogP contribution in [-0.2, 0) is 14.8 Å². The lowest BCUT2D eigenvalue weighted by atomic mass is 10.2. The summed E-state index contributed by atoms with van der Waals surface area (Å²) in [7, 11) is -3.33. The monoisotopic (exact) mass is 288 g/mol. The number of amides is 1. The molecule has 1 saturated heterocycles. The molecular formula is C11H13FN2O4S. The molecule has 0 radical (unpaired) electrons. The minimum atomic E-state index is -3.33. The van der Waals surface area contributed by atoms with Crippen molar-refractivity contribution >= 4 is 21.8 Å². The van der Waals surface area contributed by atoms with Crippen molar-refractivity contribution in [3.63, 3.8) is 0 Å². The van der Waals surface area contributed by atoms with E-state index in [2.05, 4.69) is 4.72 Å². The van der Waals surface area contributed by atoms with E-state index in [1.165, 1.54) is 29.2 Å². The normalized spacial score (nSPS) is 19.6. The van der Waals surface area contributed by atoms with Gasteiger partial charge in [-0.05, 0) is 24.3 Å². The van der Waals surface area contributed by atoms with E-state index in [-0.39, 0.29) is 13.1 Å². The molecule has 1 N–H and O–H groups in total. The third-order valence-corrected chi connectivity index (χ3v) is 3.28. The lowest BCUT2D eigenvalue weighted by molar-refractivity contribution is 0.143. The summed E-state index contributed by atoms with van der Waals surface area (Å²) in [6, 6.07) is 5.40. The highest BCUT2D eigenvalue weighted by Crippen LogP contribution is 2.21. The number of rotatable bonds is 4. The standard InChI is InChI=1S/C11H13FN2O4S/c1-19(16,17)13-6-10-7-14(11(15)18-10)9-4-2-8(12)3-5-9/h2-5,10,13H,6-7H2,1H3/t10-/m1/s1. The fourth-order valence-corrected chi connectivity index (χ4v) is 2.19. The fourth-order valence-electron chi connectivity index (χ4n) is 1.70. The number of nitrogens with one attached hydrogen (secondary N) is 1. The maximum Gasteiger partial charge on any atom is 0.414 e. The lowest BCUT2D eigenvalue weighted by Crippen LogP contribution is -2.33. The zero-order valence-electron chi connectivity index (χ0n) is 10.2. The molecule has 1 aromatic carbocycles. The Hall–Kier alpha value is -1.67. The van der Waals surface area contributed by atoms with Gasteiger partial charge in [0.2, 0.25) is 10.0 Å². The summed E-state index contributed by atoms with van der Waals surface area (Å²) >= 11 is 0. The van der Waals surface area contributed by atoms with E-state index in [1.54, 1.807) is 0 Å². The van der Waals surface area contributed by atoms with E-state index in [4.69, 9.17) is 4.74 Å². The number of sulfonamides is 1. The predicted octanol–water partition coefficient (Wildman–Crippen LogP) is 0.700. The second-order valence-corrected chi connectivity index (χ2v) is 6.05. The highest BCUT2D eigenvalue weighted by Gasteiger charge is 2.32. The van der Waals surface area contributed by atoms with E-state index in [0.717, 1.165) is 6.26 Å². The smallest absolute Gasteiger partial charge is 0.414 e. The van der Waals surface area contributed by atoms with Gasteiger partial charge in [0.15, 0.2) is 0 Å². The summed E-state index contributed by atoms with van der Waals surface area (Å²) in [5.41, 5.74) is 0.508. The Labute approximate surface area is 110 Å². The van der Waals surface area contributed by atoms with Crippen LogP contribution in [0.4, 0.5) is 14.9 Å². The Balaban J connectivity index is 2.01. The van der Waals surface area contributed by atoms with Crippen molar-refractivity contribution in [2.75, 3.05) is 24.2 Å². The van der Waals surface area contributed by atoms with E-state index in [1.807, 2.05) is 0 Å². The summed E-state index contributed by atoms with van der Waals surface area (Å²) in [5.74, 6) is -0.397. The van der Waals surface area contributed by atoms with Crippen LogP contribution in [0.5, 0.6) is 0 Å². The molecule has 1 atom stereocenters. The van der Waals surface area contributed by atoms with Crippen LogP contribution in [0.25, 0.3) is 0 Å². The summed E-state index contributed by atoms with van der Waals surface area (Å²) < 4.78 is 42.0. The molecule has 0 spiro atoms. The molecule has 1 heterocycles. The quantitative estimate of drug-likeness (QED) is 0.885.